The van der Waals surface area contributed by atoms with Crippen LogP contribution in [0.5, 0.6) is 0 Å². The van der Waals surface area contributed by atoms with Crippen LogP contribution in [-0.2, 0) is 11.3 Å². The van der Waals surface area contributed by atoms with Crippen molar-refractivity contribution in [3.05, 3.63) is 35.0 Å². The molecule has 14 heavy (non-hydrogen) atoms. The van der Waals surface area contributed by atoms with Crippen LogP contribution in [0, 0.1) is 0 Å². The van der Waals surface area contributed by atoms with E-state index >= 15 is 0 Å². The Hall–Kier alpha value is -1.13. The van der Waals surface area contributed by atoms with Gasteiger partial charge in [0.05, 0.1) is 13.1 Å². The van der Waals surface area contributed by atoms with Crippen LogP contribution in [0.1, 0.15) is 4.88 Å². The Morgan fingerprint density at radius 1 is 1.64 bits per heavy atom. The van der Waals surface area contributed by atoms with E-state index in [2.05, 4.69) is 17.2 Å². The van der Waals surface area contributed by atoms with E-state index in [1.54, 1.807) is 17.4 Å². The number of hydrogen-bond donors (Lipinski definition) is 2. The normalized spacial score (nSPS) is 9.71. The van der Waals surface area contributed by atoms with Gasteiger partial charge in [-0.1, -0.05) is 12.1 Å². The van der Waals surface area contributed by atoms with Gasteiger partial charge in [-0.15, -0.1) is 17.9 Å². The average molecular weight is 210 g/mol. The number of hydrogen-bond acceptors (Lipinski definition) is 3. The summed E-state index contributed by atoms with van der Waals surface area (Å²) in [6, 6.07) is 3.98. The molecule has 1 amide bonds. The van der Waals surface area contributed by atoms with Crippen molar-refractivity contribution in [1.82, 2.24) is 10.6 Å². The molecule has 1 aromatic heterocycles. The fourth-order valence-electron chi connectivity index (χ4n) is 0.949. The molecule has 0 radical (unpaired) electrons. The predicted octanol–water partition coefficient (Wildman–Crippen LogP) is 1.14. The minimum atomic E-state index is 0.0141. The summed E-state index contributed by atoms with van der Waals surface area (Å²) in [5.41, 5.74) is 0. The minimum Gasteiger partial charge on any atom is -0.350 e. The van der Waals surface area contributed by atoms with Gasteiger partial charge < -0.3 is 10.6 Å². The predicted molar refractivity (Wildman–Crippen MR) is 59.2 cm³/mol. The lowest BCUT2D eigenvalue weighted by Gasteiger charge is -2.03. The molecular weight excluding hydrogens is 196 g/mol. The van der Waals surface area contributed by atoms with Gasteiger partial charge in [0.2, 0.25) is 5.91 Å². The number of carbonyl (C=O) groups excluding carboxylic acids is 1. The first kappa shape index (κ1) is 10.9. The van der Waals surface area contributed by atoms with E-state index in [1.807, 2.05) is 17.5 Å². The van der Waals surface area contributed by atoms with Gasteiger partial charge in [0.15, 0.2) is 0 Å². The molecular formula is C10H14N2OS. The molecule has 0 bridgehead atoms. The van der Waals surface area contributed by atoms with Crippen LogP contribution in [0.4, 0.5) is 0 Å². The summed E-state index contributed by atoms with van der Waals surface area (Å²) in [5.74, 6) is 0.0141. The van der Waals surface area contributed by atoms with E-state index in [-0.39, 0.29) is 5.91 Å². The van der Waals surface area contributed by atoms with E-state index in [0.717, 1.165) is 0 Å². The monoisotopic (exact) mass is 210 g/mol. The maximum Gasteiger partial charge on any atom is 0.234 e. The number of rotatable bonds is 6. The summed E-state index contributed by atoms with van der Waals surface area (Å²) in [6.07, 6.45) is 1.73. The Morgan fingerprint density at radius 2 is 2.50 bits per heavy atom. The summed E-state index contributed by atoms with van der Waals surface area (Å²) < 4.78 is 0. The van der Waals surface area contributed by atoms with Crippen LogP contribution in [0.25, 0.3) is 0 Å². The van der Waals surface area contributed by atoms with Crippen molar-refractivity contribution in [3.63, 3.8) is 0 Å². The molecule has 3 nitrogen and oxygen atoms in total. The lowest BCUT2D eigenvalue weighted by molar-refractivity contribution is -0.120. The standard InChI is InChI=1S/C10H14N2OS/c1-2-5-11-8-10(13)12-7-9-4-3-6-14-9/h2-4,6,11H,1,5,7-8H2,(H,12,13). The number of thiophene rings is 1. The van der Waals surface area contributed by atoms with Crippen LogP contribution >= 0.6 is 11.3 Å². The molecule has 0 aliphatic rings. The number of nitrogens with one attached hydrogen (secondary N) is 2. The molecule has 0 unspecified atom stereocenters. The Kier molecular flexibility index (Phi) is 4.96. The second-order valence-corrected chi connectivity index (χ2v) is 3.81. The lowest BCUT2D eigenvalue weighted by atomic mass is 10.4. The van der Waals surface area contributed by atoms with Crippen molar-refractivity contribution in [2.75, 3.05) is 13.1 Å². The molecule has 0 aliphatic heterocycles. The van der Waals surface area contributed by atoms with Gasteiger partial charge in [0.25, 0.3) is 0 Å². The summed E-state index contributed by atoms with van der Waals surface area (Å²) in [5, 5.41) is 7.75. The highest BCUT2D eigenvalue weighted by Crippen LogP contribution is 2.06. The molecule has 0 fully saturated rings. The molecule has 0 saturated heterocycles. The third-order valence-corrected chi connectivity index (χ3v) is 2.49. The first-order chi connectivity index (χ1) is 6.83. The highest BCUT2D eigenvalue weighted by molar-refractivity contribution is 7.09. The second kappa shape index (κ2) is 6.34. The molecule has 76 valence electrons. The Balaban J connectivity index is 2.12. The fraction of sp³-hybridized carbons (Fsp3) is 0.300. The molecule has 1 rings (SSSR count). The maximum atomic E-state index is 11.2. The summed E-state index contributed by atoms with van der Waals surface area (Å²) in [6.45, 7) is 5.17. The van der Waals surface area contributed by atoms with E-state index in [9.17, 15) is 4.79 Å². The Labute approximate surface area is 87.8 Å². The van der Waals surface area contributed by atoms with Crippen LogP contribution in [0.3, 0.4) is 0 Å². The minimum absolute atomic E-state index is 0.0141. The van der Waals surface area contributed by atoms with Crippen molar-refractivity contribution in [2.45, 2.75) is 6.54 Å². The van der Waals surface area contributed by atoms with Gasteiger partial charge >= 0.3 is 0 Å². The van der Waals surface area contributed by atoms with Gasteiger partial charge in [-0.3, -0.25) is 4.79 Å². The van der Waals surface area contributed by atoms with Crippen LogP contribution < -0.4 is 10.6 Å². The van der Waals surface area contributed by atoms with Gasteiger partial charge in [-0.25, -0.2) is 0 Å². The zero-order chi connectivity index (χ0) is 10.2. The van der Waals surface area contributed by atoms with Crippen molar-refractivity contribution in [2.24, 2.45) is 0 Å². The maximum absolute atomic E-state index is 11.2. The topological polar surface area (TPSA) is 41.1 Å². The quantitative estimate of drug-likeness (QED) is 0.546. The average Bonchev–Trinajstić information content (AvgIpc) is 2.68. The largest absolute Gasteiger partial charge is 0.350 e. The van der Waals surface area contributed by atoms with Crippen molar-refractivity contribution in [3.8, 4) is 0 Å². The number of amides is 1. The molecule has 0 aromatic carbocycles. The molecule has 4 heteroatoms. The molecule has 0 saturated carbocycles. The molecule has 1 aromatic rings. The molecule has 0 atom stereocenters. The second-order valence-electron chi connectivity index (χ2n) is 2.78. The number of carbonyl (C=O) groups is 1. The smallest absolute Gasteiger partial charge is 0.234 e. The lowest BCUT2D eigenvalue weighted by Crippen LogP contribution is -2.33. The van der Waals surface area contributed by atoms with E-state index in [0.29, 0.717) is 19.6 Å². The van der Waals surface area contributed by atoms with E-state index < -0.39 is 0 Å². The Morgan fingerprint density at radius 3 is 3.14 bits per heavy atom. The molecule has 2 N–H and O–H groups in total. The van der Waals surface area contributed by atoms with Crippen molar-refractivity contribution < 1.29 is 4.79 Å². The molecule has 0 spiro atoms. The first-order valence-electron chi connectivity index (χ1n) is 4.43. The highest BCUT2D eigenvalue weighted by Gasteiger charge is 1.99. The van der Waals surface area contributed by atoms with Gasteiger partial charge in [-0.2, -0.15) is 0 Å². The summed E-state index contributed by atoms with van der Waals surface area (Å²) in [7, 11) is 0. The Bertz CT molecular complexity index is 282. The van der Waals surface area contributed by atoms with E-state index in [1.165, 1.54) is 4.88 Å². The fourth-order valence-corrected chi connectivity index (χ4v) is 1.59. The summed E-state index contributed by atoms with van der Waals surface area (Å²) in [4.78, 5) is 12.4. The summed E-state index contributed by atoms with van der Waals surface area (Å²) >= 11 is 1.64. The van der Waals surface area contributed by atoms with Crippen molar-refractivity contribution >= 4 is 17.2 Å². The third-order valence-electron chi connectivity index (χ3n) is 1.61. The van der Waals surface area contributed by atoms with Gasteiger partial charge in [-0.05, 0) is 11.4 Å². The molecule has 1 heterocycles. The van der Waals surface area contributed by atoms with Gasteiger partial charge in [0.1, 0.15) is 0 Å². The zero-order valence-electron chi connectivity index (χ0n) is 7.95. The SMILES string of the molecule is C=CCNCC(=O)NCc1cccs1. The van der Waals surface area contributed by atoms with Crippen LogP contribution in [0.2, 0.25) is 0 Å². The van der Waals surface area contributed by atoms with Gasteiger partial charge in [0, 0.05) is 11.4 Å². The van der Waals surface area contributed by atoms with Crippen LogP contribution in [-0.4, -0.2) is 19.0 Å². The molecule has 0 aliphatic carbocycles. The highest BCUT2D eigenvalue weighted by atomic mass is 32.1. The first-order valence-corrected chi connectivity index (χ1v) is 5.31. The van der Waals surface area contributed by atoms with E-state index in [4.69, 9.17) is 0 Å². The van der Waals surface area contributed by atoms with Crippen LogP contribution in [0.15, 0.2) is 30.2 Å². The zero-order valence-corrected chi connectivity index (χ0v) is 8.77. The third kappa shape index (κ3) is 4.20. The van der Waals surface area contributed by atoms with Crippen molar-refractivity contribution in [1.29, 1.82) is 0 Å².